The van der Waals surface area contributed by atoms with Crippen molar-refractivity contribution in [2.75, 3.05) is 7.11 Å². The SMILES string of the molecule is COc1cc(C=CC(=O)c2ccccc2)ccc1OC(=O)c1ccccc1C. The highest BCUT2D eigenvalue weighted by molar-refractivity contribution is 6.06. The average molecular weight is 372 g/mol. The number of aryl methyl sites for hydroxylation is 1. The number of esters is 1. The molecule has 0 bridgehead atoms. The van der Waals surface area contributed by atoms with Gasteiger partial charge in [-0.2, -0.15) is 0 Å². The highest BCUT2D eigenvalue weighted by atomic mass is 16.6. The minimum Gasteiger partial charge on any atom is -0.493 e. The Balaban J connectivity index is 1.77. The summed E-state index contributed by atoms with van der Waals surface area (Å²) in [5.74, 6) is 0.201. The fourth-order valence-corrected chi connectivity index (χ4v) is 2.70. The number of ether oxygens (including phenoxy) is 2. The molecular weight excluding hydrogens is 352 g/mol. The van der Waals surface area contributed by atoms with Crippen LogP contribution in [0, 0.1) is 6.92 Å². The fraction of sp³-hybridized carbons (Fsp3) is 0.0833. The van der Waals surface area contributed by atoms with Crippen molar-refractivity contribution in [3.63, 3.8) is 0 Å². The Morgan fingerprint density at radius 1 is 0.857 bits per heavy atom. The third-order valence-electron chi connectivity index (χ3n) is 4.24. The predicted molar refractivity (Wildman–Crippen MR) is 109 cm³/mol. The van der Waals surface area contributed by atoms with Crippen LogP contribution in [0.3, 0.4) is 0 Å². The molecule has 0 saturated heterocycles. The van der Waals surface area contributed by atoms with Crippen LogP contribution in [0.25, 0.3) is 6.08 Å². The number of ketones is 1. The second kappa shape index (κ2) is 8.82. The molecule has 0 aliphatic rings. The van der Waals surface area contributed by atoms with E-state index >= 15 is 0 Å². The van der Waals surface area contributed by atoms with Gasteiger partial charge in [0.25, 0.3) is 0 Å². The lowest BCUT2D eigenvalue weighted by molar-refractivity contribution is 0.0728. The Labute approximate surface area is 164 Å². The molecule has 4 heteroatoms. The first-order valence-electron chi connectivity index (χ1n) is 8.82. The summed E-state index contributed by atoms with van der Waals surface area (Å²) in [7, 11) is 1.50. The van der Waals surface area contributed by atoms with Gasteiger partial charge in [-0.1, -0.05) is 60.7 Å². The summed E-state index contributed by atoms with van der Waals surface area (Å²) in [5.41, 5.74) is 2.72. The van der Waals surface area contributed by atoms with Crippen LogP contribution in [0.2, 0.25) is 0 Å². The van der Waals surface area contributed by atoms with Gasteiger partial charge in [0.15, 0.2) is 17.3 Å². The quantitative estimate of drug-likeness (QED) is 0.261. The molecule has 0 aliphatic heterocycles. The van der Waals surface area contributed by atoms with Crippen LogP contribution in [0.4, 0.5) is 0 Å². The Morgan fingerprint density at radius 3 is 2.29 bits per heavy atom. The molecule has 0 aliphatic carbocycles. The summed E-state index contributed by atoms with van der Waals surface area (Å²) in [4.78, 5) is 24.6. The number of allylic oxidation sites excluding steroid dienone is 1. The third kappa shape index (κ3) is 4.54. The average Bonchev–Trinajstić information content (AvgIpc) is 2.73. The number of hydrogen-bond acceptors (Lipinski definition) is 4. The van der Waals surface area contributed by atoms with Gasteiger partial charge in [0.1, 0.15) is 0 Å². The Morgan fingerprint density at radius 2 is 1.57 bits per heavy atom. The smallest absolute Gasteiger partial charge is 0.343 e. The summed E-state index contributed by atoms with van der Waals surface area (Å²) in [6.45, 7) is 1.85. The molecule has 0 spiro atoms. The Hall–Kier alpha value is -3.66. The van der Waals surface area contributed by atoms with Crippen molar-refractivity contribution >= 4 is 17.8 Å². The van der Waals surface area contributed by atoms with Crippen molar-refractivity contribution in [3.8, 4) is 11.5 Å². The number of methoxy groups -OCH3 is 1. The van der Waals surface area contributed by atoms with E-state index in [1.54, 1.807) is 48.5 Å². The van der Waals surface area contributed by atoms with Crippen LogP contribution in [0.1, 0.15) is 31.8 Å². The fourth-order valence-electron chi connectivity index (χ4n) is 2.70. The third-order valence-corrected chi connectivity index (χ3v) is 4.24. The minimum absolute atomic E-state index is 0.0883. The van der Waals surface area contributed by atoms with Crippen molar-refractivity contribution in [3.05, 3.63) is 101 Å². The summed E-state index contributed by atoms with van der Waals surface area (Å²) in [6.07, 6.45) is 3.20. The van der Waals surface area contributed by atoms with Crippen LogP contribution in [-0.2, 0) is 0 Å². The lowest BCUT2D eigenvalue weighted by Crippen LogP contribution is -2.10. The second-order valence-electron chi connectivity index (χ2n) is 6.18. The minimum atomic E-state index is -0.445. The van der Waals surface area contributed by atoms with E-state index in [0.29, 0.717) is 22.6 Å². The highest BCUT2D eigenvalue weighted by Gasteiger charge is 2.14. The lowest BCUT2D eigenvalue weighted by Gasteiger charge is -2.11. The van der Waals surface area contributed by atoms with Crippen LogP contribution < -0.4 is 9.47 Å². The zero-order chi connectivity index (χ0) is 19.9. The van der Waals surface area contributed by atoms with E-state index in [0.717, 1.165) is 11.1 Å². The van der Waals surface area contributed by atoms with E-state index in [4.69, 9.17) is 9.47 Å². The monoisotopic (exact) mass is 372 g/mol. The topological polar surface area (TPSA) is 52.6 Å². The predicted octanol–water partition coefficient (Wildman–Crippen LogP) is 5.12. The molecule has 0 radical (unpaired) electrons. The molecule has 4 nitrogen and oxygen atoms in total. The van der Waals surface area contributed by atoms with E-state index in [1.165, 1.54) is 13.2 Å². The van der Waals surface area contributed by atoms with E-state index in [9.17, 15) is 9.59 Å². The van der Waals surface area contributed by atoms with Gasteiger partial charge >= 0.3 is 5.97 Å². The number of carbonyl (C=O) groups is 2. The van der Waals surface area contributed by atoms with E-state index in [2.05, 4.69) is 0 Å². The molecule has 28 heavy (non-hydrogen) atoms. The van der Waals surface area contributed by atoms with E-state index < -0.39 is 5.97 Å². The molecule has 140 valence electrons. The van der Waals surface area contributed by atoms with E-state index in [-0.39, 0.29) is 5.78 Å². The van der Waals surface area contributed by atoms with Crippen LogP contribution >= 0.6 is 0 Å². The van der Waals surface area contributed by atoms with E-state index in [1.807, 2.05) is 37.3 Å². The lowest BCUT2D eigenvalue weighted by atomic mass is 10.1. The molecule has 0 heterocycles. The molecule has 3 aromatic rings. The highest BCUT2D eigenvalue weighted by Crippen LogP contribution is 2.29. The van der Waals surface area contributed by atoms with Crippen LogP contribution in [0.5, 0.6) is 11.5 Å². The molecule has 3 rings (SSSR count). The molecule has 0 amide bonds. The maximum atomic E-state index is 12.4. The first-order chi connectivity index (χ1) is 13.6. The summed E-state index contributed by atoms with van der Waals surface area (Å²) in [6, 6.07) is 21.4. The standard InChI is InChI=1S/C24H20O4/c1-17-8-6-7-11-20(17)24(26)28-22-15-13-18(16-23(22)27-2)12-14-21(25)19-9-4-3-5-10-19/h3-16H,1-2H3. The van der Waals surface area contributed by atoms with Gasteiger partial charge in [-0.3, -0.25) is 4.79 Å². The first kappa shape index (κ1) is 19.1. The maximum absolute atomic E-state index is 12.4. The Bertz CT molecular complexity index is 1020. The molecular formula is C24H20O4. The zero-order valence-electron chi connectivity index (χ0n) is 15.7. The zero-order valence-corrected chi connectivity index (χ0v) is 15.7. The normalized spacial score (nSPS) is 10.6. The van der Waals surface area contributed by atoms with Crippen molar-refractivity contribution < 1.29 is 19.1 Å². The second-order valence-corrected chi connectivity index (χ2v) is 6.18. The summed E-state index contributed by atoms with van der Waals surface area (Å²) >= 11 is 0. The van der Waals surface area contributed by atoms with Crippen LogP contribution in [-0.4, -0.2) is 18.9 Å². The molecule has 0 atom stereocenters. The summed E-state index contributed by atoms with van der Waals surface area (Å²) < 4.78 is 10.8. The van der Waals surface area contributed by atoms with Crippen molar-refractivity contribution in [1.29, 1.82) is 0 Å². The van der Waals surface area contributed by atoms with Crippen molar-refractivity contribution in [2.45, 2.75) is 6.92 Å². The van der Waals surface area contributed by atoms with Gasteiger partial charge in [0, 0.05) is 5.56 Å². The van der Waals surface area contributed by atoms with Gasteiger partial charge in [-0.15, -0.1) is 0 Å². The summed E-state index contributed by atoms with van der Waals surface area (Å²) in [5, 5.41) is 0. The number of carbonyl (C=O) groups excluding carboxylic acids is 2. The van der Waals surface area contributed by atoms with Gasteiger partial charge in [-0.25, -0.2) is 4.79 Å². The van der Waals surface area contributed by atoms with Crippen molar-refractivity contribution in [1.82, 2.24) is 0 Å². The molecule has 0 fully saturated rings. The number of benzene rings is 3. The maximum Gasteiger partial charge on any atom is 0.343 e. The Kier molecular flexibility index (Phi) is 6.02. The molecule has 3 aromatic carbocycles. The molecule has 0 aromatic heterocycles. The van der Waals surface area contributed by atoms with Crippen LogP contribution in [0.15, 0.2) is 78.9 Å². The first-order valence-corrected chi connectivity index (χ1v) is 8.82. The molecule has 0 unspecified atom stereocenters. The molecule has 0 N–H and O–H groups in total. The largest absolute Gasteiger partial charge is 0.493 e. The number of rotatable bonds is 6. The molecule has 0 saturated carbocycles. The van der Waals surface area contributed by atoms with Gasteiger partial charge in [0.05, 0.1) is 12.7 Å². The van der Waals surface area contributed by atoms with Gasteiger partial charge in [0.2, 0.25) is 0 Å². The number of hydrogen-bond donors (Lipinski definition) is 0. The van der Waals surface area contributed by atoms with Gasteiger partial charge in [-0.05, 0) is 42.3 Å². The van der Waals surface area contributed by atoms with Gasteiger partial charge < -0.3 is 9.47 Å². The van der Waals surface area contributed by atoms with Crippen molar-refractivity contribution in [2.24, 2.45) is 0 Å².